The minimum Gasteiger partial charge on any atom is -0.495 e. The van der Waals surface area contributed by atoms with Crippen LogP contribution in [0.4, 0.5) is 23.1 Å². The van der Waals surface area contributed by atoms with Gasteiger partial charge < -0.3 is 21.1 Å². The molecule has 1 atom stereocenters. The molecule has 0 radical (unpaired) electrons. The molecular weight excluding hydrogens is 444 g/mol. The first-order chi connectivity index (χ1) is 17.0. The molecule has 1 amide bonds. The highest BCUT2D eigenvalue weighted by atomic mass is 16.5. The Morgan fingerprint density at radius 1 is 1.20 bits per heavy atom. The van der Waals surface area contributed by atoms with E-state index in [9.17, 15) is 4.79 Å². The molecule has 2 aliphatic heterocycles. The summed E-state index contributed by atoms with van der Waals surface area (Å²) in [6.45, 7) is 2.03. The number of nitrogens with one attached hydrogen (secondary N) is 2. The minimum absolute atomic E-state index is 0.105. The highest BCUT2D eigenvalue weighted by Gasteiger charge is 2.29. The molecule has 0 saturated carbocycles. The molecule has 178 valence electrons. The molecule has 35 heavy (non-hydrogen) atoms. The standard InChI is InChI=1S/C25H26N8O2/c1-35-21-12-16-10-19-7-2-3-8-33(19)14-17(16)11-20(21)29-25-30-24(22(23(27)34)31-32-25)28-18-6-4-5-15(9-18)13-26/h4-6,9,11-12,19H,2-3,7-8,10,14H2,1H3,(H2,27,34)(H2,28,29,30,32). The van der Waals surface area contributed by atoms with Crippen LogP contribution in [0.25, 0.3) is 0 Å². The summed E-state index contributed by atoms with van der Waals surface area (Å²) in [7, 11) is 1.63. The van der Waals surface area contributed by atoms with Crippen molar-refractivity contribution >= 4 is 29.0 Å². The number of anilines is 4. The van der Waals surface area contributed by atoms with E-state index in [0.717, 1.165) is 19.5 Å². The van der Waals surface area contributed by atoms with E-state index in [2.05, 4.69) is 48.9 Å². The van der Waals surface area contributed by atoms with E-state index in [1.54, 1.807) is 31.4 Å². The van der Waals surface area contributed by atoms with Crippen molar-refractivity contribution in [3.8, 4) is 11.8 Å². The number of hydrogen-bond donors (Lipinski definition) is 3. The quantitative estimate of drug-likeness (QED) is 0.495. The topological polar surface area (TPSA) is 142 Å². The van der Waals surface area contributed by atoms with Gasteiger partial charge in [-0.05, 0) is 67.3 Å². The molecule has 0 spiro atoms. The van der Waals surface area contributed by atoms with Crippen LogP contribution in [0.15, 0.2) is 36.4 Å². The third-order valence-electron chi connectivity index (χ3n) is 6.52. The van der Waals surface area contributed by atoms with Gasteiger partial charge in [0.1, 0.15) is 5.75 Å². The number of hydrogen-bond acceptors (Lipinski definition) is 9. The van der Waals surface area contributed by atoms with Crippen LogP contribution in [-0.4, -0.2) is 45.7 Å². The number of aromatic nitrogens is 3. The molecule has 1 saturated heterocycles. The van der Waals surface area contributed by atoms with E-state index in [-0.39, 0.29) is 17.5 Å². The number of rotatable bonds is 6. The van der Waals surface area contributed by atoms with Gasteiger partial charge in [-0.3, -0.25) is 9.69 Å². The predicted molar refractivity (Wildman–Crippen MR) is 131 cm³/mol. The van der Waals surface area contributed by atoms with Crippen molar-refractivity contribution in [2.45, 2.75) is 38.3 Å². The second-order valence-corrected chi connectivity index (χ2v) is 8.78. The molecule has 3 aromatic rings. The van der Waals surface area contributed by atoms with Crippen molar-refractivity contribution in [2.24, 2.45) is 5.73 Å². The number of ether oxygens (including phenoxy) is 1. The summed E-state index contributed by atoms with van der Waals surface area (Å²) in [4.78, 5) is 18.9. The molecule has 5 rings (SSSR count). The predicted octanol–water partition coefficient (Wildman–Crippen LogP) is 3.25. The highest BCUT2D eigenvalue weighted by molar-refractivity contribution is 5.96. The Balaban J connectivity index is 1.45. The maximum Gasteiger partial charge on any atom is 0.273 e. The highest BCUT2D eigenvalue weighted by Crippen LogP contribution is 2.36. The lowest BCUT2D eigenvalue weighted by Gasteiger charge is -2.40. The van der Waals surface area contributed by atoms with E-state index in [0.29, 0.717) is 28.7 Å². The summed E-state index contributed by atoms with van der Waals surface area (Å²) in [5, 5.41) is 23.4. The number of piperidine rings is 1. The van der Waals surface area contributed by atoms with Crippen LogP contribution in [-0.2, 0) is 13.0 Å². The zero-order valence-corrected chi connectivity index (χ0v) is 19.4. The van der Waals surface area contributed by atoms with Gasteiger partial charge in [0.25, 0.3) is 5.91 Å². The van der Waals surface area contributed by atoms with Crippen LogP contribution in [0.5, 0.6) is 5.75 Å². The maximum atomic E-state index is 11.9. The molecule has 1 aromatic heterocycles. The maximum absolute atomic E-state index is 11.9. The summed E-state index contributed by atoms with van der Waals surface area (Å²) >= 11 is 0. The van der Waals surface area contributed by atoms with E-state index < -0.39 is 5.91 Å². The SMILES string of the molecule is COc1cc2c(cc1Nc1nnc(C(N)=O)c(Nc3cccc(C#N)c3)n1)CN1CCCCC1C2. The largest absolute Gasteiger partial charge is 0.495 e. The first-order valence-corrected chi connectivity index (χ1v) is 11.6. The van der Waals surface area contributed by atoms with Crippen LogP contribution in [0.2, 0.25) is 0 Å². The van der Waals surface area contributed by atoms with Crippen LogP contribution in [0.1, 0.15) is 46.4 Å². The molecule has 3 heterocycles. The summed E-state index contributed by atoms with van der Waals surface area (Å²) in [5.74, 6) is 0.238. The first-order valence-electron chi connectivity index (χ1n) is 11.6. The number of carbonyl (C=O) groups excluding carboxylic acids is 1. The Morgan fingerprint density at radius 2 is 2.09 bits per heavy atom. The van der Waals surface area contributed by atoms with Crippen molar-refractivity contribution in [2.75, 3.05) is 24.3 Å². The Hall–Kier alpha value is -4.23. The zero-order valence-electron chi connectivity index (χ0n) is 19.4. The third-order valence-corrected chi connectivity index (χ3v) is 6.52. The number of nitriles is 1. The van der Waals surface area contributed by atoms with Crippen LogP contribution >= 0.6 is 0 Å². The zero-order chi connectivity index (χ0) is 24.4. The van der Waals surface area contributed by atoms with Gasteiger partial charge in [-0.1, -0.05) is 12.5 Å². The number of amides is 1. The average Bonchev–Trinajstić information content (AvgIpc) is 2.87. The molecule has 0 bridgehead atoms. The van der Waals surface area contributed by atoms with Crippen molar-refractivity contribution in [1.29, 1.82) is 5.26 Å². The lowest BCUT2D eigenvalue weighted by atomic mass is 9.88. The van der Waals surface area contributed by atoms with Crippen molar-refractivity contribution < 1.29 is 9.53 Å². The fourth-order valence-electron chi connectivity index (χ4n) is 4.80. The van der Waals surface area contributed by atoms with E-state index in [1.165, 1.54) is 30.4 Å². The number of carbonyl (C=O) groups is 1. The van der Waals surface area contributed by atoms with E-state index in [4.69, 9.17) is 15.7 Å². The lowest BCUT2D eigenvalue weighted by molar-refractivity contribution is 0.0995. The Kier molecular flexibility index (Phi) is 6.16. The minimum atomic E-state index is -0.766. The number of nitrogens with two attached hydrogens (primary N) is 1. The number of nitrogens with zero attached hydrogens (tertiary/aromatic N) is 5. The number of methoxy groups -OCH3 is 1. The van der Waals surface area contributed by atoms with E-state index >= 15 is 0 Å². The van der Waals surface area contributed by atoms with Gasteiger partial charge in [0.2, 0.25) is 5.95 Å². The van der Waals surface area contributed by atoms with Crippen LogP contribution in [0, 0.1) is 11.3 Å². The van der Waals surface area contributed by atoms with Gasteiger partial charge >= 0.3 is 0 Å². The molecule has 2 aliphatic rings. The summed E-state index contributed by atoms with van der Waals surface area (Å²) in [6, 6.07) is 13.6. The Bertz CT molecular complexity index is 1320. The van der Waals surface area contributed by atoms with Crippen molar-refractivity contribution in [3.63, 3.8) is 0 Å². The van der Waals surface area contributed by atoms with Gasteiger partial charge in [0, 0.05) is 18.3 Å². The molecule has 2 aromatic carbocycles. The summed E-state index contributed by atoms with van der Waals surface area (Å²) in [5.41, 5.74) is 9.68. The smallest absolute Gasteiger partial charge is 0.273 e. The number of benzene rings is 2. The normalized spacial score (nSPS) is 17.0. The summed E-state index contributed by atoms with van der Waals surface area (Å²) in [6.07, 6.45) is 4.79. The van der Waals surface area contributed by atoms with Crippen LogP contribution in [0.3, 0.4) is 0 Å². The molecule has 10 heteroatoms. The molecule has 0 aliphatic carbocycles. The van der Waals surface area contributed by atoms with Crippen molar-refractivity contribution in [1.82, 2.24) is 20.1 Å². The molecule has 10 nitrogen and oxygen atoms in total. The van der Waals surface area contributed by atoms with E-state index in [1.807, 2.05) is 0 Å². The second-order valence-electron chi connectivity index (χ2n) is 8.78. The third kappa shape index (κ3) is 4.72. The fraction of sp³-hybridized carbons (Fsp3) is 0.320. The van der Waals surface area contributed by atoms with Gasteiger partial charge in [-0.2, -0.15) is 10.2 Å². The van der Waals surface area contributed by atoms with Gasteiger partial charge in [-0.15, -0.1) is 10.2 Å². The van der Waals surface area contributed by atoms with Gasteiger partial charge in [0.15, 0.2) is 11.5 Å². The average molecular weight is 471 g/mol. The van der Waals surface area contributed by atoms with Gasteiger partial charge in [0.05, 0.1) is 24.4 Å². The molecule has 4 N–H and O–H groups in total. The Labute approximate surface area is 203 Å². The molecule has 1 unspecified atom stereocenters. The Morgan fingerprint density at radius 3 is 2.89 bits per heavy atom. The fourth-order valence-corrected chi connectivity index (χ4v) is 4.80. The van der Waals surface area contributed by atoms with Crippen LogP contribution < -0.4 is 21.1 Å². The first kappa shape index (κ1) is 22.6. The second kappa shape index (κ2) is 9.56. The molecule has 1 fully saturated rings. The molecular formula is C25H26N8O2. The van der Waals surface area contributed by atoms with Gasteiger partial charge in [-0.25, -0.2) is 0 Å². The number of fused-ring (bicyclic) bond motifs is 2. The monoisotopic (exact) mass is 470 g/mol. The summed E-state index contributed by atoms with van der Waals surface area (Å²) < 4.78 is 5.66. The number of primary amides is 1. The lowest BCUT2D eigenvalue weighted by Crippen LogP contribution is -2.43. The van der Waals surface area contributed by atoms with Crippen molar-refractivity contribution in [3.05, 3.63) is 58.8 Å².